The average Bonchev–Trinajstić information content (AvgIpc) is 3.05. The van der Waals surface area contributed by atoms with Gasteiger partial charge in [0.25, 0.3) is 17.7 Å². The molecule has 6 amide bonds. The Balaban J connectivity index is 1.49. The van der Waals surface area contributed by atoms with Crippen LogP contribution in [0, 0.1) is 0 Å². The van der Waals surface area contributed by atoms with E-state index >= 15 is 0 Å². The fourth-order valence-corrected chi connectivity index (χ4v) is 3.83. The quantitative estimate of drug-likeness (QED) is 0.264. The maximum atomic E-state index is 13.0. The number of nitrogens with one attached hydrogen (secondary N) is 3. The highest BCUT2D eigenvalue weighted by Crippen LogP contribution is 2.33. The third-order valence-corrected chi connectivity index (χ3v) is 5.49. The van der Waals surface area contributed by atoms with Crippen LogP contribution in [0.1, 0.15) is 59.2 Å². The summed E-state index contributed by atoms with van der Waals surface area (Å²) in [5.74, 6) is -2.85. The van der Waals surface area contributed by atoms with Gasteiger partial charge in [-0.15, -0.1) is 0 Å². The summed E-state index contributed by atoms with van der Waals surface area (Å²) in [6.45, 7) is 0.445. The lowest BCUT2D eigenvalue weighted by Crippen LogP contribution is -2.54. The first-order valence-corrected chi connectivity index (χ1v) is 11.0. The van der Waals surface area contributed by atoms with Crippen molar-refractivity contribution in [3.8, 4) is 5.75 Å². The molecule has 1 saturated heterocycles. The Morgan fingerprint density at radius 1 is 1.03 bits per heavy atom. The summed E-state index contributed by atoms with van der Waals surface area (Å²) >= 11 is 0. The molecule has 0 radical (unpaired) electrons. The van der Waals surface area contributed by atoms with Crippen molar-refractivity contribution in [3.05, 3.63) is 29.3 Å². The summed E-state index contributed by atoms with van der Waals surface area (Å²) in [6, 6.07) is 3.35. The van der Waals surface area contributed by atoms with Crippen molar-refractivity contribution in [2.45, 2.75) is 44.6 Å². The van der Waals surface area contributed by atoms with Gasteiger partial charge in [-0.2, -0.15) is 0 Å². The summed E-state index contributed by atoms with van der Waals surface area (Å²) in [7, 11) is 0. The smallest absolute Gasteiger partial charge is 0.404 e. The lowest BCUT2D eigenvalue weighted by molar-refractivity contribution is -0.136. The summed E-state index contributed by atoms with van der Waals surface area (Å²) in [5.41, 5.74) is 0.0602. The minimum atomic E-state index is -1.08. The second-order valence-corrected chi connectivity index (χ2v) is 7.91. The lowest BCUT2D eigenvalue weighted by Gasteiger charge is -2.27. The van der Waals surface area contributed by atoms with Crippen LogP contribution in [0.5, 0.6) is 5.75 Å². The molecule has 4 N–H and O–H groups in total. The Kier molecular flexibility index (Phi) is 8.17. The monoisotopic (exact) mass is 474 g/mol. The Morgan fingerprint density at radius 3 is 2.41 bits per heavy atom. The molecule has 1 atom stereocenters. The standard InChI is InChI=1S/C22H26N4O8/c27-16-9-8-14(19(29)25-16)26-20(30)13-6-5-7-15(18(13)21(26)31)34-12-17(28)23-10-3-1-2-4-11-24-22(32)33/h5-7,14,24H,1-4,8-12H2,(H,23,28)(H,32,33)(H,25,27,29). The highest BCUT2D eigenvalue weighted by molar-refractivity contribution is 6.24. The van der Waals surface area contributed by atoms with Crippen molar-refractivity contribution >= 4 is 35.6 Å². The van der Waals surface area contributed by atoms with Gasteiger partial charge in [0.2, 0.25) is 11.8 Å². The van der Waals surface area contributed by atoms with E-state index in [0.29, 0.717) is 25.9 Å². The third kappa shape index (κ3) is 5.88. The van der Waals surface area contributed by atoms with E-state index < -0.39 is 41.7 Å². The average molecular weight is 474 g/mol. The molecular formula is C22H26N4O8. The molecule has 0 spiro atoms. The molecule has 2 heterocycles. The number of hydrogen-bond donors (Lipinski definition) is 4. The number of nitrogens with zero attached hydrogens (tertiary/aromatic N) is 1. The second-order valence-electron chi connectivity index (χ2n) is 7.91. The van der Waals surface area contributed by atoms with Gasteiger partial charge in [0.1, 0.15) is 11.8 Å². The number of carbonyl (C=O) groups excluding carboxylic acids is 5. The van der Waals surface area contributed by atoms with Gasteiger partial charge in [-0.05, 0) is 31.4 Å². The molecule has 12 nitrogen and oxygen atoms in total. The largest absolute Gasteiger partial charge is 0.483 e. The van der Waals surface area contributed by atoms with Crippen LogP contribution in [-0.4, -0.2) is 71.4 Å². The number of benzene rings is 1. The fourth-order valence-electron chi connectivity index (χ4n) is 3.83. The van der Waals surface area contributed by atoms with Gasteiger partial charge in [-0.25, -0.2) is 4.79 Å². The lowest BCUT2D eigenvalue weighted by atomic mass is 10.0. The molecule has 1 aromatic rings. The van der Waals surface area contributed by atoms with E-state index in [-0.39, 0.29) is 36.3 Å². The van der Waals surface area contributed by atoms with Crippen LogP contribution < -0.4 is 20.7 Å². The number of carboxylic acid groups (broad SMARTS) is 1. The number of unbranched alkanes of at least 4 members (excludes halogenated alkanes) is 3. The highest BCUT2D eigenvalue weighted by atomic mass is 16.5. The molecule has 0 bridgehead atoms. The van der Waals surface area contributed by atoms with E-state index in [9.17, 15) is 28.8 Å². The van der Waals surface area contributed by atoms with E-state index in [1.165, 1.54) is 18.2 Å². The number of rotatable bonds is 11. The van der Waals surface area contributed by atoms with Crippen molar-refractivity contribution in [2.24, 2.45) is 0 Å². The molecular weight excluding hydrogens is 448 g/mol. The van der Waals surface area contributed by atoms with Gasteiger partial charge in [0.15, 0.2) is 6.61 Å². The van der Waals surface area contributed by atoms with Crippen LogP contribution in [0.3, 0.4) is 0 Å². The fraction of sp³-hybridized carbons (Fsp3) is 0.455. The highest BCUT2D eigenvalue weighted by Gasteiger charge is 2.46. The minimum absolute atomic E-state index is 0.0139. The van der Waals surface area contributed by atoms with E-state index in [0.717, 1.165) is 17.7 Å². The molecule has 1 aromatic carbocycles. The van der Waals surface area contributed by atoms with E-state index in [4.69, 9.17) is 9.84 Å². The number of piperidine rings is 1. The summed E-state index contributed by atoms with van der Waals surface area (Å²) in [4.78, 5) is 72.6. The van der Waals surface area contributed by atoms with Gasteiger partial charge in [-0.1, -0.05) is 18.9 Å². The molecule has 182 valence electrons. The Labute approximate surface area is 195 Å². The van der Waals surface area contributed by atoms with Crippen LogP contribution in [0.25, 0.3) is 0 Å². The van der Waals surface area contributed by atoms with Gasteiger partial charge in [0, 0.05) is 19.5 Å². The summed E-state index contributed by atoms with van der Waals surface area (Å²) in [5, 5.41) is 15.6. The number of hydrogen-bond acceptors (Lipinski definition) is 7. The van der Waals surface area contributed by atoms with Crippen LogP contribution >= 0.6 is 0 Å². The molecule has 0 saturated carbocycles. The minimum Gasteiger partial charge on any atom is -0.483 e. The van der Waals surface area contributed by atoms with Crippen LogP contribution in [0.2, 0.25) is 0 Å². The maximum Gasteiger partial charge on any atom is 0.404 e. The van der Waals surface area contributed by atoms with Crippen molar-refractivity contribution in [3.63, 3.8) is 0 Å². The first kappa shape index (κ1) is 24.7. The van der Waals surface area contributed by atoms with Gasteiger partial charge < -0.3 is 20.5 Å². The van der Waals surface area contributed by atoms with Crippen LogP contribution in [-0.2, 0) is 14.4 Å². The van der Waals surface area contributed by atoms with Crippen molar-refractivity contribution < 1.29 is 38.6 Å². The second kappa shape index (κ2) is 11.3. The van der Waals surface area contributed by atoms with Crippen molar-refractivity contribution in [1.82, 2.24) is 20.9 Å². The van der Waals surface area contributed by atoms with Gasteiger partial charge in [0.05, 0.1) is 11.1 Å². The van der Waals surface area contributed by atoms with E-state index in [1.54, 1.807) is 0 Å². The molecule has 0 aliphatic carbocycles. The zero-order valence-corrected chi connectivity index (χ0v) is 18.4. The Hall–Kier alpha value is -3.96. The van der Waals surface area contributed by atoms with Gasteiger partial charge >= 0.3 is 6.09 Å². The topological polar surface area (TPSA) is 171 Å². The van der Waals surface area contributed by atoms with Crippen molar-refractivity contribution in [1.29, 1.82) is 0 Å². The van der Waals surface area contributed by atoms with Crippen molar-refractivity contribution in [2.75, 3.05) is 19.7 Å². The first-order chi connectivity index (χ1) is 16.3. The Morgan fingerprint density at radius 2 is 1.74 bits per heavy atom. The van der Waals surface area contributed by atoms with E-state index in [2.05, 4.69) is 16.0 Å². The molecule has 2 aliphatic rings. The SMILES string of the molecule is O=C(O)NCCCCCCNC(=O)COc1cccc2c1C(=O)N(C1CCC(=O)NC1=O)C2=O. The zero-order chi connectivity index (χ0) is 24.7. The number of ether oxygens (including phenoxy) is 1. The number of imide groups is 2. The zero-order valence-electron chi connectivity index (χ0n) is 18.4. The van der Waals surface area contributed by atoms with Gasteiger partial charge in [-0.3, -0.25) is 34.2 Å². The molecule has 3 rings (SSSR count). The number of fused-ring (bicyclic) bond motifs is 1. The summed E-state index contributed by atoms with van der Waals surface area (Å²) < 4.78 is 5.51. The molecule has 1 unspecified atom stereocenters. The molecule has 34 heavy (non-hydrogen) atoms. The normalized spacial score (nSPS) is 17.3. The Bertz CT molecular complexity index is 1010. The number of amides is 6. The molecule has 12 heteroatoms. The van der Waals surface area contributed by atoms with Crippen LogP contribution in [0.15, 0.2) is 18.2 Å². The molecule has 0 aromatic heterocycles. The predicted octanol–water partition coefficient (Wildman–Crippen LogP) is 0.411. The molecule has 1 fully saturated rings. The number of carbonyl (C=O) groups is 6. The maximum absolute atomic E-state index is 13.0. The van der Waals surface area contributed by atoms with Crippen LogP contribution in [0.4, 0.5) is 4.79 Å². The van der Waals surface area contributed by atoms with E-state index in [1.807, 2.05) is 0 Å². The predicted molar refractivity (Wildman–Crippen MR) is 116 cm³/mol. The first-order valence-electron chi connectivity index (χ1n) is 11.0. The third-order valence-electron chi connectivity index (χ3n) is 5.49. The molecule has 2 aliphatic heterocycles. The summed E-state index contributed by atoms with van der Waals surface area (Å²) in [6.07, 6.45) is 2.09.